The molecule has 0 heterocycles. The number of benzene rings is 1. The van der Waals surface area contributed by atoms with E-state index in [1.165, 1.54) is 5.56 Å². The molecule has 5 nitrogen and oxygen atoms in total. The van der Waals surface area contributed by atoms with Gasteiger partial charge in [-0.3, -0.25) is 4.99 Å². The number of aliphatic hydroxyl groups is 1. The van der Waals surface area contributed by atoms with Crippen LogP contribution in [-0.4, -0.2) is 41.8 Å². The normalized spacial score (nSPS) is 21.9. The molecular weight excluding hydrogens is 451 g/mol. The molecule has 0 saturated heterocycles. The first-order valence-corrected chi connectivity index (χ1v) is 9.95. The number of hydrogen-bond acceptors (Lipinski definition) is 3. The molecule has 0 amide bonds. The molecule has 0 radical (unpaired) electrons. The molecule has 6 heteroatoms. The summed E-state index contributed by atoms with van der Waals surface area (Å²) in [5.41, 5.74) is 1.18. The molecule has 1 saturated carbocycles. The lowest BCUT2D eigenvalue weighted by Gasteiger charge is -2.31. The quantitative estimate of drug-likeness (QED) is 0.269. The number of halogens is 1. The summed E-state index contributed by atoms with van der Waals surface area (Å²) in [4.78, 5) is 4.81. The van der Waals surface area contributed by atoms with Crippen LogP contribution in [0.15, 0.2) is 35.3 Å². The third-order valence-electron chi connectivity index (χ3n) is 4.92. The standard InChI is InChI=1S/C21H36N4O.HI/c1-5-22-20(24-18-11-13-19(26)14-12-18)23-15-21(3,4)25-16(2)17-9-7-6-8-10-17;/h6-10,16,18-19,25-26H,5,11-15H2,1-4H3,(H2,22,23,24);1H. The zero-order valence-electron chi connectivity index (χ0n) is 17.2. The molecule has 1 fully saturated rings. The first-order chi connectivity index (χ1) is 12.4. The highest BCUT2D eigenvalue weighted by molar-refractivity contribution is 14.0. The second-order valence-electron chi connectivity index (χ2n) is 8.01. The molecule has 4 N–H and O–H groups in total. The fourth-order valence-electron chi connectivity index (χ4n) is 3.47. The summed E-state index contributed by atoms with van der Waals surface area (Å²) in [5.74, 6) is 0.871. The molecule has 1 aromatic carbocycles. The Kier molecular flexibility index (Phi) is 10.6. The number of aliphatic imine (C=N–C) groups is 1. The third-order valence-corrected chi connectivity index (χ3v) is 4.92. The minimum Gasteiger partial charge on any atom is -0.393 e. The molecule has 27 heavy (non-hydrogen) atoms. The molecule has 2 rings (SSSR count). The summed E-state index contributed by atoms with van der Waals surface area (Å²) >= 11 is 0. The summed E-state index contributed by atoms with van der Waals surface area (Å²) in [5, 5.41) is 20.2. The first kappa shape index (κ1) is 24.2. The predicted octanol–water partition coefficient (Wildman–Crippen LogP) is 3.59. The molecule has 0 aliphatic heterocycles. The summed E-state index contributed by atoms with van der Waals surface area (Å²) in [7, 11) is 0. The summed E-state index contributed by atoms with van der Waals surface area (Å²) < 4.78 is 0. The van der Waals surface area contributed by atoms with Crippen molar-refractivity contribution in [2.45, 2.75) is 77.1 Å². The van der Waals surface area contributed by atoms with E-state index in [1.807, 2.05) is 6.07 Å². The number of aliphatic hydroxyl groups excluding tert-OH is 1. The molecule has 1 aliphatic carbocycles. The van der Waals surface area contributed by atoms with Crippen molar-refractivity contribution in [2.24, 2.45) is 4.99 Å². The maximum Gasteiger partial charge on any atom is 0.191 e. The van der Waals surface area contributed by atoms with Gasteiger partial charge in [0, 0.05) is 24.2 Å². The Morgan fingerprint density at radius 2 is 1.81 bits per heavy atom. The number of rotatable bonds is 7. The van der Waals surface area contributed by atoms with Crippen LogP contribution in [0, 0.1) is 0 Å². The van der Waals surface area contributed by atoms with Gasteiger partial charge in [0.05, 0.1) is 12.6 Å². The lowest BCUT2D eigenvalue weighted by molar-refractivity contribution is 0.120. The van der Waals surface area contributed by atoms with Gasteiger partial charge >= 0.3 is 0 Å². The zero-order chi connectivity index (χ0) is 19.0. The average molecular weight is 488 g/mol. The second-order valence-corrected chi connectivity index (χ2v) is 8.01. The number of nitrogens with zero attached hydrogens (tertiary/aromatic N) is 1. The van der Waals surface area contributed by atoms with Gasteiger partial charge in [-0.15, -0.1) is 24.0 Å². The van der Waals surface area contributed by atoms with Gasteiger partial charge in [-0.1, -0.05) is 30.3 Å². The van der Waals surface area contributed by atoms with E-state index in [1.54, 1.807) is 0 Å². The topological polar surface area (TPSA) is 68.7 Å². The molecule has 1 atom stereocenters. The van der Waals surface area contributed by atoms with Crippen molar-refractivity contribution in [3.05, 3.63) is 35.9 Å². The van der Waals surface area contributed by atoms with Gasteiger partial charge in [0.25, 0.3) is 0 Å². The van der Waals surface area contributed by atoms with Crippen molar-refractivity contribution < 1.29 is 5.11 Å². The minimum atomic E-state index is -0.129. The van der Waals surface area contributed by atoms with Crippen LogP contribution in [0.3, 0.4) is 0 Å². The lowest BCUT2D eigenvalue weighted by Crippen LogP contribution is -2.48. The van der Waals surface area contributed by atoms with Gasteiger partial charge < -0.3 is 21.1 Å². The van der Waals surface area contributed by atoms with Crippen LogP contribution >= 0.6 is 24.0 Å². The fourth-order valence-corrected chi connectivity index (χ4v) is 3.47. The van der Waals surface area contributed by atoms with E-state index in [0.717, 1.165) is 38.2 Å². The first-order valence-electron chi connectivity index (χ1n) is 9.95. The van der Waals surface area contributed by atoms with E-state index < -0.39 is 0 Å². The Morgan fingerprint density at radius 1 is 1.19 bits per heavy atom. The van der Waals surface area contributed by atoms with Gasteiger partial charge in [0.2, 0.25) is 0 Å². The van der Waals surface area contributed by atoms with E-state index in [0.29, 0.717) is 12.6 Å². The highest BCUT2D eigenvalue weighted by Gasteiger charge is 2.22. The second kappa shape index (κ2) is 11.9. The van der Waals surface area contributed by atoms with E-state index in [4.69, 9.17) is 4.99 Å². The maximum atomic E-state index is 9.67. The van der Waals surface area contributed by atoms with Crippen LogP contribution in [-0.2, 0) is 0 Å². The van der Waals surface area contributed by atoms with Crippen molar-refractivity contribution in [1.29, 1.82) is 0 Å². The van der Waals surface area contributed by atoms with Crippen molar-refractivity contribution in [1.82, 2.24) is 16.0 Å². The average Bonchev–Trinajstić information content (AvgIpc) is 2.62. The lowest BCUT2D eigenvalue weighted by atomic mass is 9.93. The predicted molar refractivity (Wildman–Crippen MR) is 125 cm³/mol. The van der Waals surface area contributed by atoms with Crippen LogP contribution in [0.25, 0.3) is 0 Å². The SMILES string of the molecule is CCNC(=NCC(C)(C)NC(C)c1ccccc1)NC1CCC(O)CC1.I. The van der Waals surface area contributed by atoms with Crippen molar-refractivity contribution in [3.8, 4) is 0 Å². The fraction of sp³-hybridized carbons (Fsp3) is 0.667. The van der Waals surface area contributed by atoms with E-state index >= 15 is 0 Å². The van der Waals surface area contributed by atoms with Gasteiger partial charge in [0.1, 0.15) is 0 Å². The van der Waals surface area contributed by atoms with E-state index in [2.05, 4.69) is 67.9 Å². The van der Waals surface area contributed by atoms with Crippen LogP contribution < -0.4 is 16.0 Å². The number of hydrogen-bond donors (Lipinski definition) is 4. The van der Waals surface area contributed by atoms with Crippen molar-refractivity contribution in [3.63, 3.8) is 0 Å². The van der Waals surface area contributed by atoms with Crippen molar-refractivity contribution in [2.75, 3.05) is 13.1 Å². The molecular formula is C21H37IN4O. The van der Waals surface area contributed by atoms with E-state index in [9.17, 15) is 5.11 Å². The number of guanidine groups is 1. The monoisotopic (exact) mass is 488 g/mol. The van der Waals surface area contributed by atoms with Gasteiger partial charge in [0.15, 0.2) is 5.96 Å². The highest BCUT2D eigenvalue weighted by atomic mass is 127. The Labute approximate surface area is 181 Å². The Hall–Kier alpha value is -0.860. The molecule has 1 aromatic rings. The van der Waals surface area contributed by atoms with Crippen LogP contribution in [0.5, 0.6) is 0 Å². The van der Waals surface area contributed by atoms with Gasteiger partial charge in [-0.2, -0.15) is 0 Å². The zero-order valence-corrected chi connectivity index (χ0v) is 19.5. The molecule has 154 valence electrons. The largest absolute Gasteiger partial charge is 0.393 e. The summed E-state index contributed by atoms with van der Waals surface area (Å²) in [6.07, 6.45) is 3.61. The number of nitrogens with one attached hydrogen (secondary N) is 3. The van der Waals surface area contributed by atoms with E-state index in [-0.39, 0.29) is 41.7 Å². The maximum absolute atomic E-state index is 9.67. The molecule has 0 spiro atoms. The Balaban J connectivity index is 0.00000364. The smallest absolute Gasteiger partial charge is 0.191 e. The third kappa shape index (κ3) is 8.79. The summed E-state index contributed by atoms with van der Waals surface area (Å²) in [6.45, 7) is 10.2. The molecule has 0 aromatic heterocycles. The van der Waals surface area contributed by atoms with Gasteiger partial charge in [-0.25, -0.2) is 0 Å². The van der Waals surface area contributed by atoms with Crippen LogP contribution in [0.4, 0.5) is 0 Å². The Bertz CT molecular complexity index is 557. The summed E-state index contributed by atoms with van der Waals surface area (Å²) in [6, 6.07) is 11.2. The van der Waals surface area contributed by atoms with Crippen LogP contribution in [0.1, 0.15) is 65.0 Å². The van der Waals surface area contributed by atoms with Gasteiger partial charge in [-0.05, 0) is 58.9 Å². The highest BCUT2D eigenvalue weighted by Crippen LogP contribution is 2.19. The molecule has 1 aliphatic rings. The molecule has 0 bridgehead atoms. The van der Waals surface area contributed by atoms with Crippen LogP contribution in [0.2, 0.25) is 0 Å². The minimum absolute atomic E-state index is 0. The molecule has 1 unspecified atom stereocenters. The Morgan fingerprint density at radius 3 is 2.41 bits per heavy atom. The van der Waals surface area contributed by atoms with Crippen molar-refractivity contribution >= 4 is 29.9 Å².